The van der Waals surface area contributed by atoms with E-state index in [-0.39, 0.29) is 10.8 Å². The average Bonchev–Trinajstić information content (AvgIpc) is 2.46. The third-order valence-electron chi connectivity index (χ3n) is 4.79. The Labute approximate surface area is 139 Å². The first kappa shape index (κ1) is 17.7. The summed E-state index contributed by atoms with van der Waals surface area (Å²) in [6.07, 6.45) is 6.70. The summed E-state index contributed by atoms with van der Waals surface area (Å²) in [4.78, 5) is 11.8. The fourth-order valence-corrected chi connectivity index (χ4v) is 3.75. The van der Waals surface area contributed by atoms with Crippen LogP contribution in [0.4, 0.5) is 0 Å². The number of hydrogen-bond acceptors (Lipinski definition) is 2. The molecule has 3 heteroatoms. The fraction of sp³-hybridized carbons (Fsp3) is 0.550. The zero-order valence-electron chi connectivity index (χ0n) is 14.4. The lowest BCUT2D eigenvalue weighted by Gasteiger charge is -2.42. The van der Waals surface area contributed by atoms with Gasteiger partial charge < -0.3 is 9.84 Å². The minimum absolute atomic E-state index is 0.155. The molecule has 3 nitrogen and oxygen atoms in total. The molecule has 0 amide bonds. The van der Waals surface area contributed by atoms with Crippen molar-refractivity contribution in [1.82, 2.24) is 0 Å². The Bertz CT molecular complexity index is 547. The van der Waals surface area contributed by atoms with Gasteiger partial charge in [0.05, 0.1) is 12.5 Å². The summed E-state index contributed by atoms with van der Waals surface area (Å²) in [7, 11) is 0. The molecule has 1 aromatic rings. The lowest BCUT2D eigenvalue weighted by Crippen LogP contribution is -2.38. The standard InChI is InChI=1S/C20H28O3/c1-19(2)11-7-12-20(3,15-19)17(18(21)22)10-13-23-14-16-8-5-4-6-9-16/h4-9,12,17H,10-11,13-15H2,1-3H3,(H,21,22)/t17-,20+/m1/s1. The molecular formula is C20H28O3. The second-order valence-corrected chi connectivity index (χ2v) is 7.67. The molecular weight excluding hydrogens is 288 g/mol. The van der Waals surface area contributed by atoms with Crippen LogP contribution in [0.5, 0.6) is 0 Å². The summed E-state index contributed by atoms with van der Waals surface area (Å²) in [6, 6.07) is 9.97. The number of carboxylic acid groups (broad SMARTS) is 1. The van der Waals surface area contributed by atoms with E-state index < -0.39 is 11.9 Å². The van der Waals surface area contributed by atoms with Crippen molar-refractivity contribution in [2.24, 2.45) is 16.7 Å². The van der Waals surface area contributed by atoms with E-state index in [0.717, 1.165) is 18.4 Å². The Morgan fingerprint density at radius 3 is 2.57 bits per heavy atom. The molecule has 1 aliphatic rings. The smallest absolute Gasteiger partial charge is 0.307 e. The predicted molar refractivity (Wildman–Crippen MR) is 92.1 cm³/mol. The lowest BCUT2D eigenvalue weighted by atomic mass is 9.62. The van der Waals surface area contributed by atoms with E-state index in [2.05, 4.69) is 32.9 Å². The molecule has 0 heterocycles. The van der Waals surface area contributed by atoms with Crippen molar-refractivity contribution in [3.63, 3.8) is 0 Å². The highest BCUT2D eigenvalue weighted by atomic mass is 16.5. The van der Waals surface area contributed by atoms with Crippen LogP contribution in [0.1, 0.15) is 45.6 Å². The van der Waals surface area contributed by atoms with Gasteiger partial charge in [-0.25, -0.2) is 0 Å². The Kier molecular flexibility index (Phi) is 5.64. The minimum atomic E-state index is -0.724. The summed E-state index contributed by atoms with van der Waals surface area (Å²) in [5.74, 6) is -1.13. The third-order valence-corrected chi connectivity index (χ3v) is 4.79. The van der Waals surface area contributed by atoms with Gasteiger partial charge in [0, 0.05) is 6.61 Å². The van der Waals surface area contributed by atoms with Crippen molar-refractivity contribution in [2.45, 2.75) is 46.6 Å². The molecule has 0 saturated carbocycles. The normalized spacial score (nSPS) is 24.3. The van der Waals surface area contributed by atoms with Crippen LogP contribution in [0, 0.1) is 16.7 Å². The number of benzene rings is 1. The van der Waals surface area contributed by atoms with Gasteiger partial charge in [0.15, 0.2) is 0 Å². The molecule has 23 heavy (non-hydrogen) atoms. The number of allylic oxidation sites excluding steroid dienone is 2. The van der Waals surface area contributed by atoms with Crippen molar-refractivity contribution in [1.29, 1.82) is 0 Å². The molecule has 0 fully saturated rings. The van der Waals surface area contributed by atoms with Gasteiger partial charge in [-0.05, 0) is 35.7 Å². The van der Waals surface area contributed by atoms with Gasteiger partial charge in [-0.3, -0.25) is 4.79 Å². The third kappa shape index (κ3) is 4.93. The molecule has 1 N–H and O–H groups in total. The SMILES string of the molecule is CC1(C)CC=C[C@](C)([C@H](CCOCc2ccccc2)C(=O)O)C1. The first-order valence-electron chi connectivity index (χ1n) is 8.35. The van der Waals surface area contributed by atoms with Gasteiger partial charge in [0.25, 0.3) is 0 Å². The molecule has 0 aliphatic heterocycles. The van der Waals surface area contributed by atoms with Gasteiger partial charge >= 0.3 is 5.97 Å². The van der Waals surface area contributed by atoms with Crippen LogP contribution < -0.4 is 0 Å². The largest absolute Gasteiger partial charge is 0.481 e. The van der Waals surface area contributed by atoms with Crippen LogP contribution in [0.15, 0.2) is 42.5 Å². The summed E-state index contributed by atoms with van der Waals surface area (Å²) in [5, 5.41) is 9.69. The summed E-state index contributed by atoms with van der Waals surface area (Å²) >= 11 is 0. The van der Waals surface area contributed by atoms with Crippen molar-refractivity contribution in [2.75, 3.05) is 6.61 Å². The lowest BCUT2D eigenvalue weighted by molar-refractivity contribution is -0.147. The highest BCUT2D eigenvalue weighted by Gasteiger charge is 2.42. The van der Waals surface area contributed by atoms with Crippen molar-refractivity contribution in [3.05, 3.63) is 48.0 Å². The van der Waals surface area contributed by atoms with Crippen LogP contribution >= 0.6 is 0 Å². The minimum Gasteiger partial charge on any atom is -0.481 e. The number of carboxylic acids is 1. The van der Waals surface area contributed by atoms with Gasteiger partial charge in [-0.15, -0.1) is 0 Å². The number of ether oxygens (including phenoxy) is 1. The van der Waals surface area contributed by atoms with Crippen molar-refractivity contribution < 1.29 is 14.6 Å². The van der Waals surface area contributed by atoms with E-state index in [1.165, 1.54) is 0 Å². The van der Waals surface area contributed by atoms with Crippen molar-refractivity contribution in [3.8, 4) is 0 Å². The fourth-order valence-electron chi connectivity index (χ4n) is 3.75. The molecule has 0 radical (unpaired) electrons. The van der Waals surface area contributed by atoms with Crippen LogP contribution in [-0.4, -0.2) is 17.7 Å². The number of carbonyl (C=O) groups is 1. The molecule has 2 rings (SSSR count). The van der Waals surface area contributed by atoms with Crippen molar-refractivity contribution >= 4 is 5.97 Å². The van der Waals surface area contributed by atoms with Crippen LogP contribution in [0.2, 0.25) is 0 Å². The molecule has 0 bridgehead atoms. The molecule has 0 unspecified atom stereocenters. The molecule has 126 valence electrons. The quantitative estimate of drug-likeness (QED) is 0.587. The second kappa shape index (κ2) is 7.31. The summed E-state index contributed by atoms with van der Waals surface area (Å²) < 4.78 is 5.70. The summed E-state index contributed by atoms with van der Waals surface area (Å²) in [6.45, 7) is 7.49. The van der Waals surface area contributed by atoms with E-state index >= 15 is 0 Å². The Hall–Kier alpha value is -1.61. The molecule has 1 aromatic carbocycles. The first-order chi connectivity index (χ1) is 10.8. The van der Waals surface area contributed by atoms with Crippen LogP contribution in [-0.2, 0) is 16.1 Å². The maximum absolute atomic E-state index is 11.8. The topological polar surface area (TPSA) is 46.5 Å². The maximum Gasteiger partial charge on any atom is 0.307 e. The van der Waals surface area contributed by atoms with Crippen LogP contribution in [0.3, 0.4) is 0 Å². The summed E-state index contributed by atoms with van der Waals surface area (Å²) in [5.41, 5.74) is 0.968. The van der Waals surface area contributed by atoms with E-state index in [1.54, 1.807) is 0 Å². The molecule has 0 aromatic heterocycles. The predicted octanol–water partition coefficient (Wildman–Crippen LogP) is 4.68. The van der Waals surface area contributed by atoms with Gasteiger partial charge in [-0.2, -0.15) is 0 Å². The zero-order chi connectivity index (χ0) is 16.9. The highest BCUT2D eigenvalue weighted by molar-refractivity contribution is 5.71. The Morgan fingerprint density at radius 2 is 1.96 bits per heavy atom. The number of aliphatic carboxylic acids is 1. The maximum atomic E-state index is 11.8. The van der Waals surface area contributed by atoms with E-state index in [9.17, 15) is 9.90 Å². The van der Waals surface area contributed by atoms with E-state index in [1.807, 2.05) is 30.3 Å². The van der Waals surface area contributed by atoms with Crippen LogP contribution in [0.25, 0.3) is 0 Å². The highest BCUT2D eigenvalue weighted by Crippen LogP contribution is 2.47. The zero-order valence-corrected chi connectivity index (χ0v) is 14.4. The Balaban J connectivity index is 1.93. The second-order valence-electron chi connectivity index (χ2n) is 7.67. The molecule has 0 saturated heterocycles. The van der Waals surface area contributed by atoms with Gasteiger partial charge in [-0.1, -0.05) is 63.3 Å². The first-order valence-corrected chi connectivity index (χ1v) is 8.35. The number of rotatable bonds is 7. The monoisotopic (exact) mass is 316 g/mol. The van der Waals surface area contributed by atoms with Gasteiger partial charge in [0.1, 0.15) is 0 Å². The van der Waals surface area contributed by atoms with E-state index in [4.69, 9.17) is 4.74 Å². The molecule has 2 atom stereocenters. The number of hydrogen-bond donors (Lipinski definition) is 1. The molecule has 0 spiro atoms. The Morgan fingerprint density at radius 1 is 1.26 bits per heavy atom. The molecule has 1 aliphatic carbocycles. The van der Waals surface area contributed by atoms with Gasteiger partial charge in [0.2, 0.25) is 0 Å². The van der Waals surface area contributed by atoms with E-state index in [0.29, 0.717) is 19.6 Å². The average molecular weight is 316 g/mol.